The van der Waals surface area contributed by atoms with Crippen LogP contribution in [0.2, 0.25) is 0 Å². The van der Waals surface area contributed by atoms with Crippen molar-refractivity contribution >= 4 is 0 Å². The number of aliphatic hydroxyl groups is 1. The van der Waals surface area contributed by atoms with Crippen molar-refractivity contribution in [1.82, 2.24) is 9.55 Å². The monoisotopic (exact) mass is 236 g/mol. The van der Waals surface area contributed by atoms with Gasteiger partial charge in [0, 0.05) is 18.4 Å². The Morgan fingerprint density at radius 3 is 2.59 bits per heavy atom. The summed E-state index contributed by atoms with van der Waals surface area (Å²) in [6.45, 7) is 8.94. The van der Waals surface area contributed by atoms with Crippen molar-refractivity contribution in [3.05, 3.63) is 18.2 Å². The first-order valence-corrected chi connectivity index (χ1v) is 6.57. The molecule has 1 saturated carbocycles. The zero-order chi connectivity index (χ0) is 12.6. The van der Waals surface area contributed by atoms with Crippen LogP contribution in [0.15, 0.2) is 12.4 Å². The van der Waals surface area contributed by atoms with Gasteiger partial charge in [0.25, 0.3) is 0 Å². The smallest absolute Gasteiger partial charge is 0.105 e. The van der Waals surface area contributed by atoms with Gasteiger partial charge in [-0.15, -0.1) is 0 Å². The number of imidazole rings is 1. The van der Waals surface area contributed by atoms with Gasteiger partial charge in [0.15, 0.2) is 0 Å². The number of aliphatic hydroxyl groups excluding tert-OH is 1. The van der Waals surface area contributed by atoms with Crippen molar-refractivity contribution < 1.29 is 5.11 Å². The molecule has 1 fully saturated rings. The van der Waals surface area contributed by atoms with Gasteiger partial charge in [-0.1, -0.05) is 20.8 Å². The van der Waals surface area contributed by atoms with Crippen LogP contribution in [0.3, 0.4) is 0 Å². The predicted molar refractivity (Wildman–Crippen MR) is 68.8 cm³/mol. The van der Waals surface area contributed by atoms with Gasteiger partial charge in [-0.3, -0.25) is 0 Å². The minimum Gasteiger partial charge on any atom is -0.393 e. The van der Waals surface area contributed by atoms with Crippen molar-refractivity contribution in [3.63, 3.8) is 0 Å². The topological polar surface area (TPSA) is 38.0 Å². The summed E-state index contributed by atoms with van der Waals surface area (Å²) in [6.07, 6.45) is 6.66. The molecule has 1 N–H and O–H groups in total. The third-order valence-electron chi connectivity index (χ3n) is 4.12. The van der Waals surface area contributed by atoms with Crippen molar-refractivity contribution in [2.75, 3.05) is 0 Å². The molecular formula is C14H24N2O. The van der Waals surface area contributed by atoms with E-state index in [4.69, 9.17) is 0 Å². The maximum atomic E-state index is 9.92. The number of aromatic nitrogens is 2. The molecule has 1 aromatic heterocycles. The number of nitrogens with zero attached hydrogens (tertiary/aromatic N) is 2. The minimum absolute atomic E-state index is 0.152. The predicted octanol–water partition coefficient (Wildman–Crippen LogP) is 2.94. The van der Waals surface area contributed by atoms with Gasteiger partial charge in [-0.05, 0) is 37.5 Å². The largest absolute Gasteiger partial charge is 0.393 e. The summed E-state index contributed by atoms with van der Waals surface area (Å²) in [5, 5.41) is 9.92. The standard InChI is InChI=1S/C14H24N2O/c1-10-15-7-8-16(10)13-9-11(17)5-6-12(13)14(2,3)4/h7-8,11-13,17H,5-6,9H2,1-4H3. The second-order valence-electron chi connectivity index (χ2n) is 6.39. The molecule has 1 aliphatic carbocycles. The van der Waals surface area contributed by atoms with Crippen molar-refractivity contribution in [2.45, 2.75) is 59.1 Å². The van der Waals surface area contributed by atoms with Crippen LogP contribution in [-0.2, 0) is 0 Å². The normalized spacial score (nSPS) is 30.5. The van der Waals surface area contributed by atoms with E-state index < -0.39 is 0 Å². The van der Waals surface area contributed by atoms with Crippen LogP contribution in [0.5, 0.6) is 0 Å². The summed E-state index contributed by atoms with van der Waals surface area (Å²) in [5.41, 5.74) is 0.279. The number of rotatable bonds is 1. The molecule has 3 atom stereocenters. The van der Waals surface area contributed by atoms with Crippen LogP contribution in [-0.4, -0.2) is 20.8 Å². The van der Waals surface area contributed by atoms with E-state index in [9.17, 15) is 5.11 Å². The van der Waals surface area contributed by atoms with Crippen molar-refractivity contribution in [1.29, 1.82) is 0 Å². The fourth-order valence-electron chi connectivity index (χ4n) is 3.18. The lowest BCUT2D eigenvalue weighted by Crippen LogP contribution is -2.37. The highest BCUT2D eigenvalue weighted by atomic mass is 16.3. The summed E-state index contributed by atoms with van der Waals surface area (Å²) in [4.78, 5) is 4.31. The SMILES string of the molecule is Cc1nccn1C1CC(O)CCC1C(C)(C)C. The third-order valence-corrected chi connectivity index (χ3v) is 4.12. The van der Waals surface area contributed by atoms with Gasteiger partial charge in [0.05, 0.1) is 6.10 Å². The van der Waals surface area contributed by atoms with Crippen LogP contribution in [0.4, 0.5) is 0 Å². The van der Waals surface area contributed by atoms with Crippen LogP contribution < -0.4 is 0 Å². The van der Waals surface area contributed by atoms with Crippen molar-refractivity contribution in [3.8, 4) is 0 Å². The van der Waals surface area contributed by atoms with E-state index in [-0.39, 0.29) is 11.5 Å². The van der Waals surface area contributed by atoms with E-state index in [1.165, 1.54) is 0 Å². The third kappa shape index (κ3) is 2.54. The molecule has 1 heterocycles. The first kappa shape index (κ1) is 12.6. The Labute approximate surface area is 104 Å². The zero-order valence-electron chi connectivity index (χ0n) is 11.3. The van der Waals surface area contributed by atoms with Crippen LogP contribution >= 0.6 is 0 Å². The fourth-order valence-corrected chi connectivity index (χ4v) is 3.18. The van der Waals surface area contributed by atoms with Crippen molar-refractivity contribution in [2.24, 2.45) is 11.3 Å². The Morgan fingerprint density at radius 1 is 1.35 bits per heavy atom. The molecule has 3 unspecified atom stereocenters. The first-order valence-electron chi connectivity index (χ1n) is 6.57. The fraction of sp³-hybridized carbons (Fsp3) is 0.786. The molecular weight excluding hydrogens is 212 g/mol. The Balaban J connectivity index is 2.29. The molecule has 17 heavy (non-hydrogen) atoms. The number of hydrogen-bond donors (Lipinski definition) is 1. The van der Waals surface area contributed by atoms with E-state index >= 15 is 0 Å². The van der Waals surface area contributed by atoms with Gasteiger partial charge >= 0.3 is 0 Å². The molecule has 0 aliphatic heterocycles. The highest BCUT2D eigenvalue weighted by molar-refractivity contribution is 4.98. The lowest BCUT2D eigenvalue weighted by molar-refractivity contribution is 0.0293. The highest BCUT2D eigenvalue weighted by Crippen LogP contribution is 2.44. The zero-order valence-corrected chi connectivity index (χ0v) is 11.3. The molecule has 0 saturated heterocycles. The minimum atomic E-state index is -0.152. The lowest BCUT2D eigenvalue weighted by Gasteiger charge is -2.43. The molecule has 3 heteroatoms. The van der Waals surface area contributed by atoms with Crippen LogP contribution in [0.25, 0.3) is 0 Å². The Morgan fingerprint density at radius 2 is 2.06 bits per heavy atom. The molecule has 96 valence electrons. The van der Waals surface area contributed by atoms with E-state index in [2.05, 4.69) is 36.5 Å². The Kier molecular flexibility index (Phi) is 3.30. The first-order chi connectivity index (χ1) is 7.89. The molecule has 3 nitrogen and oxygen atoms in total. The quantitative estimate of drug-likeness (QED) is 0.814. The van der Waals surface area contributed by atoms with Gasteiger partial charge in [-0.2, -0.15) is 0 Å². The second-order valence-corrected chi connectivity index (χ2v) is 6.39. The van der Waals surface area contributed by atoms with E-state index in [1.807, 2.05) is 13.1 Å². The molecule has 1 aliphatic rings. The summed E-state index contributed by atoms with van der Waals surface area (Å²) in [5.74, 6) is 1.66. The second kappa shape index (κ2) is 4.45. The molecule has 1 aromatic rings. The van der Waals surface area contributed by atoms with E-state index in [1.54, 1.807) is 0 Å². The number of hydrogen-bond acceptors (Lipinski definition) is 2. The summed E-state index contributed by atoms with van der Waals surface area (Å²) in [7, 11) is 0. The van der Waals surface area contributed by atoms with Gasteiger partial charge < -0.3 is 9.67 Å². The molecule has 0 spiro atoms. The van der Waals surface area contributed by atoms with Crippen LogP contribution in [0.1, 0.15) is 51.9 Å². The average Bonchev–Trinajstić information content (AvgIpc) is 2.62. The number of aryl methyl sites for hydroxylation is 1. The molecule has 0 radical (unpaired) electrons. The highest BCUT2D eigenvalue weighted by Gasteiger charge is 2.38. The maximum Gasteiger partial charge on any atom is 0.105 e. The molecule has 0 bridgehead atoms. The van der Waals surface area contributed by atoms with E-state index in [0.29, 0.717) is 12.0 Å². The Hall–Kier alpha value is -0.830. The summed E-state index contributed by atoms with van der Waals surface area (Å²) < 4.78 is 2.25. The van der Waals surface area contributed by atoms with Gasteiger partial charge in [-0.25, -0.2) is 4.98 Å². The van der Waals surface area contributed by atoms with Gasteiger partial charge in [0.2, 0.25) is 0 Å². The molecule has 2 rings (SSSR count). The lowest BCUT2D eigenvalue weighted by atomic mass is 9.69. The maximum absolute atomic E-state index is 9.92. The summed E-state index contributed by atoms with van der Waals surface area (Å²) in [6, 6.07) is 0.390. The van der Waals surface area contributed by atoms with Crippen LogP contribution in [0, 0.1) is 18.3 Å². The summed E-state index contributed by atoms with van der Waals surface area (Å²) >= 11 is 0. The average molecular weight is 236 g/mol. The Bertz CT molecular complexity index is 378. The molecule has 0 amide bonds. The molecule has 0 aromatic carbocycles. The van der Waals surface area contributed by atoms with Gasteiger partial charge in [0.1, 0.15) is 5.82 Å². The van der Waals surface area contributed by atoms with E-state index in [0.717, 1.165) is 25.1 Å².